The van der Waals surface area contributed by atoms with Crippen LogP contribution in [0.15, 0.2) is 0 Å². The van der Waals surface area contributed by atoms with E-state index in [2.05, 4.69) is 0 Å². The van der Waals surface area contributed by atoms with Crippen LogP contribution in [0.1, 0.15) is 6.92 Å². The second kappa shape index (κ2) is 17.3. The summed E-state index contributed by atoms with van der Waals surface area (Å²) in [5.74, 6) is 0. The van der Waals surface area contributed by atoms with Crippen LogP contribution in [0.3, 0.4) is 0 Å². The van der Waals surface area contributed by atoms with Gasteiger partial charge in [0, 0.05) is 0 Å². The molecule has 0 aromatic carbocycles. The van der Waals surface area contributed by atoms with Crippen LogP contribution >= 0.6 is 0 Å². The second-order valence-corrected chi connectivity index (χ2v) is 13.0. The minimum Gasteiger partial charge on any atom is -0.394 e. The lowest BCUT2D eigenvalue weighted by atomic mass is 9.96. The number of rotatable bonds is 10. The van der Waals surface area contributed by atoms with Crippen molar-refractivity contribution in [1.82, 2.24) is 0 Å². The van der Waals surface area contributed by atoms with Gasteiger partial charge in [-0.3, -0.25) is 0 Å². The molecule has 0 aliphatic carbocycles. The third kappa shape index (κ3) is 8.51. The highest BCUT2D eigenvalue weighted by molar-refractivity contribution is 4.96. The number of ether oxygens (including phenoxy) is 9. The summed E-state index contributed by atoms with van der Waals surface area (Å²) in [6.45, 7) is -1.11. The Morgan fingerprint density at radius 1 is 0.431 bits per heavy atom. The van der Waals surface area contributed by atoms with Gasteiger partial charge in [0.15, 0.2) is 31.5 Å². The Morgan fingerprint density at radius 2 is 0.882 bits per heavy atom. The average Bonchev–Trinajstić information content (AvgIpc) is 3.11. The molecule has 0 bridgehead atoms. The first-order chi connectivity index (χ1) is 24.1. The molecule has 51 heavy (non-hydrogen) atoms. The molecule has 23 heteroatoms. The highest BCUT2D eigenvalue weighted by Crippen LogP contribution is 2.33. The van der Waals surface area contributed by atoms with Gasteiger partial charge in [-0.2, -0.15) is 0 Å². The van der Waals surface area contributed by atoms with Crippen LogP contribution in [-0.2, 0) is 42.6 Å². The standard InChI is InChI=1S/C28H48O23/c1-6-22(15(35)20(40)26(45-6)48-9-4-43-24(42)17(37)12(9)32)50-25-18(38)13(33)10(5-44-25)49-27-21(41)16(36)23(8(3-30)47-27)51-28-19(39)14(34)11(31)7(2-29)46-28/h6-42H,2-5H2,1H3/t6-,7+,8-,9+,10+,11-,12+,13-,14+,15-,16-,17+,18-,19-,20+,21-,22-,23-,24+,25-,26+,27+,28-/m0/s1. The maximum Gasteiger partial charge on any atom is 0.187 e. The zero-order valence-electron chi connectivity index (χ0n) is 27.0. The van der Waals surface area contributed by atoms with Gasteiger partial charge >= 0.3 is 0 Å². The molecular weight excluding hydrogens is 704 g/mol. The second-order valence-electron chi connectivity index (χ2n) is 13.0. The van der Waals surface area contributed by atoms with E-state index in [4.69, 9.17) is 42.6 Å². The van der Waals surface area contributed by atoms with Gasteiger partial charge in [-0.1, -0.05) is 0 Å². The molecule has 0 unspecified atom stereocenters. The highest BCUT2D eigenvalue weighted by atomic mass is 16.8. The van der Waals surface area contributed by atoms with Gasteiger partial charge in [0.25, 0.3) is 0 Å². The molecule has 0 aromatic heterocycles. The third-order valence-corrected chi connectivity index (χ3v) is 9.53. The first kappa shape index (κ1) is 41.2. The molecule has 0 radical (unpaired) electrons. The maximum atomic E-state index is 10.9. The van der Waals surface area contributed by atoms with Crippen molar-refractivity contribution in [3.05, 3.63) is 0 Å². The molecular formula is C28H48O23. The van der Waals surface area contributed by atoms with E-state index in [1.165, 1.54) is 6.92 Å². The van der Waals surface area contributed by atoms with E-state index in [1.807, 2.05) is 0 Å². The normalized spacial score (nSPS) is 54.3. The smallest absolute Gasteiger partial charge is 0.187 e. The van der Waals surface area contributed by atoms with Crippen LogP contribution in [0.2, 0.25) is 0 Å². The molecule has 0 amide bonds. The van der Waals surface area contributed by atoms with E-state index in [9.17, 15) is 71.5 Å². The molecule has 5 heterocycles. The minimum absolute atomic E-state index is 0.376. The summed E-state index contributed by atoms with van der Waals surface area (Å²) < 4.78 is 49.0. The third-order valence-electron chi connectivity index (χ3n) is 9.53. The lowest BCUT2D eigenvalue weighted by Gasteiger charge is -2.47. The van der Waals surface area contributed by atoms with E-state index in [-0.39, 0.29) is 6.61 Å². The lowest BCUT2D eigenvalue weighted by Crippen LogP contribution is -2.66. The first-order valence-electron chi connectivity index (χ1n) is 16.3. The maximum absolute atomic E-state index is 10.9. The largest absolute Gasteiger partial charge is 0.394 e. The van der Waals surface area contributed by atoms with Crippen molar-refractivity contribution in [1.29, 1.82) is 0 Å². The van der Waals surface area contributed by atoms with Crippen LogP contribution < -0.4 is 0 Å². The van der Waals surface area contributed by atoms with Crippen LogP contribution in [-0.4, -0.2) is 239 Å². The Kier molecular flexibility index (Phi) is 14.0. The molecule has 5 saturated heterocycles. The van der Waals surface area contributed by atoms with Gasteiger partial charge in [-0.15, -0.1) is 0 Å². The van der Waals surface area contributed by atoms with E-state index in [0.717, 1.165) is 0 Å². The van der Waals surface area contributed by atoms with Crippen molar-refractivity contribution in [3.8, 4) is 0 Å². The molecule has 298 valence electrons. The fraction of sp³-hybridized carbons (Fsp3) is 1.00. The van der Waals surface area contributed by atoms with Crippen molar-refractivity contribution in [2.45, 2.75) is 148 Å². The van der Waals surface area contributed by atoms with E-state index in [1.54, 1.807) is 0 Å². The molecule has 14 N–H and O–H groups in total. The SMILES string of the molecule is C[C@@H]1O[C@H](O[C@@H]2CO[C@@H](O)[C@H](O)[C@@H]2O)[C@H](O)[C@H](O)[C@H]1O[C@@H]1OC[C@@H](O[C@H]2O[C@@H](CO)[C@H](O[C@@H]3O[C@H](CO)[C@H](O)[C@@H](O)[C@@H]3O)[C@@H](O)[C@@H]2O)[C@H](O)[C@@H]1O. The summed E-state index contributed by atoms with van der Waals surface area (Å²) in [7, 11) is 0. The molecule has 23 atom stereocenters. The first-order valence-corrected chi connectivity index (χ1v) is 16.3. The average molecular weight is 753 g/mol. The molecule has 5 fully saturated rings. The number of aliphatic hydroxyl groups excluding tert-OH is 14. The van der Waals surface area contributed by atoms with Gasteiger partial charge in [-0.25, -0.2) is 0 Å². The summed E-state index contributed by atoms with van der Waals surface area (Å²) in [5.41, 5.74) is 0. The lowest BCUT2D eigenvalue weighted by molar-refractivity contribution is -0.380. The van der Waals surface area contributed by atoms with Crippen molar-refractivity contribution in [2.75, 3.05) is 26.4 Å². The van der Waals surface area contributed by atoms with Gasteiger partial charge in [0.1, 0.15) is 104 Å². The molecule has 0 saturated carbocycles. The van der Waals surface area contributed by atoms with Crippen molar-refractivity contribution >= 4 is 0 Å². The van der Waals surface area contributed by atoms with Crippen LogP contribution in [0, 0.1) is 0 Å². The monoisotopic (exact) mass is 752 g/mol. The number of aliphatic hydroxyl groups is 14. The van der Waals surface area contributed by atoms with E-state index in [0.29, 0.717) is 0 Å². The Hall–Kier alpha value is -0.920. The van der Waals surface area contributed by atoms with Crippen molar-refractivity contribution in [2.24, 2.45) is 0 Å². The van der Waals surface area contributed by atoms with Crippen LogP contribution in [0.25, 0.3) is 0 Å². The zero-order chi connectivity index (χ0) is 37.5. The molecule has 5 rings (SSSR count). The summed E-state index contributed by atoms with van der Waals surface area (Å²) in [5, 5.41) is 144. The fourth-order valence-electron chi connectivity index (χ4n) is 6.38. The molecule has 5 aliphatic rings. The summed E-state index contributed by atoms with van der Waals surface area (Å²) >= 11 is 0. The molecule has 0 spiro atoms. The predicted molar refractivity (Wildman–Crippen MR) is 153 cm³/mol. The van der Waals surface area contributed by atoms with Crippen molar-refractivity contribution in [3.63, 3.8) is 0 Å². The quantitative estimate of drug-likeness (QED) is 0.0985. The Bertz CT molecular complexity index is 1090. The van der Waals surface area contributed by atoms with E-state index < -0.39 is 161 Å². The molecule has 0 aromatic rings. The topological polar surface area (TPSA) is 366 Å². The van der Waals surface area contributed by atoms with Crippen LogP contribution in [0.4, 0.5) is 0 Å². The summed E-state index contributed by atoms with van der Waals surface area (Å²) in [6.07, 6.45) is -37.7. The molecule has 23 nitrogen and oxygen atoms in total. The van der Waals surface area contributed by atoms with Crippen molar-refractivity contribution < 1.29 is 114 Å². The Morgan fingerprint density at radius 3 is 1.49 bits per heavy atom. The molecule has 5 aliphatic heterocycles. The van der Waals surface area contributed by atoms with Gasteiger partial charge < -0.3 is 114 Å². The summed E-state index contributed by atoms with van der Waals surface area (Å²) in [4.78, 5) is 0. The fourth-order valence-corrected chi connectivity index (χ4v) is 6.38. The van der Waals surface area contributed by atoms with Gasteiger partial charge in [0.05, 0.1) is 32.5 Å². The van der Waals surface area contributed by atoms with Gasteiger partial charge in [-0.05, 0) is 6.92 Å². The predicted octanol–water partition coefficient (Wildman–Crippen LogP) is -9.62. The van der Waals surface area contributed by atoms with Crippen LogP contribution in [0.5, 0.6) is 0 Å². The number of hydrogen-bond acceptors (Lipinski definition) is 23. The zero-order valence-corrected chi connectivity index (χ0v) is 27.0. The Labute approximate surface area is 289 Å². The van der Waals surface area contributed by atoms with E-state index >= 15 is 0 Å². The highest BCUT2D eigenvalue weighted by Gasteiger charge is 2.54. The van der Waals surface area contributed by atoms with Gasteiger partial charge in [0.2, 0.25) is 0 Å². The number of hydrogen-bond donors (Lipinski definition) is 14. The summed E-state index contributed by atoms with van der Waals surface area (Å²) in [6, 6.07) is 0. The Balaban J connectivity index is 1.15. The minimum atomic E-state index is -1.94.